The Labute approximate surface area is 194 Å². The summed E-state index contributed by atoms with van der Waals surface area (Å²) in [5, 5.41) is 3.31. The number of benzene rings is 2. The number of nitrogens with zero attached hydrogens (tertiary/aromatic N) is 1. The van der Waals surface area contributed by atoms with Crippen LogP contribution < -0.4 is 14.8 Å². The number of nitrogens with one attached hydrogen (secondary N) is 1. The molecule has 1 fully saturated rings. The Morgan fingerprint density at radius 1 is 1.12 bits per heavy atom. The molecule has 2 aromatic rings. The zero-order valence-corrected chi connectivity index (χ0v) is 20.0. The fraction of sp³-hybridized carbons (Fsp3) is 0.435. The summed E-state index contributed by atoms with van der Waals surface area (Å²) in [6.07, 6.45) is 2.62. The topological polar surface area (TPSA) is 84.9 Å². The Hall–Kier alpha value is -2.29. The van der Waals surface area contributed by atoms with Crippen molar-refractivity contribution in [2.24, 2.45) is 0 Å². The Morgan fingerprint density at radius 3 is 2.44 bits per heavy atom. The van der Waals surface area contributed by atoms with Gasteiger partial charge in [0.05, 0.1) is 23.6 Å². The van der Waals surface area contributed by atoms with Gasteiger partial charge in [-0.1, -0.05) is 23.7 Å². The molecule has 1 amide bonds. The lowest BCUT2D eigenvalue weighted by atomic mass is 10.1. The maximum Gasteiger partial charge on any atom is 0.243 e. The average Bonchev–Trinajstić information content (AvgIpc) is 3.34. The van der Waals surface area contributed by atoms with Gasteiger partial charge in [0.15, 0.2) is 11.5 Å². The molecule has 0 aliphatic carbocycles. The summed E-state index contributed by atoms with van der Waals surface area (Å²) in [5.74, 6) is 0.900. The molecule has 32 heavy (non-hydrogen) atoms. The lowest BCUT2D eigenvalue weighted by Gasteiger charge is -2.15. The summed E-state index contributed by atoms with van der Waals surface area (Å²) in [5.41, 5.74) is 1.71. The Morgan fingerprint density at radius 2 is 1.81 bits per heavy atom. The highest BCUT2D eigenvalue weighted by atomic mass is 35.5. The van der Waals surface area contributed by atoms with Crippen LogP contribution in [-0.2, 0) is 27.8 Å². The van der Waals surface area contributed by atoms with E-state index in [9.17, 15) is 13.2 Å². The van der Waals surface area contributed by atoms with Crippen molar-refractivity contribution in [2.45, 2.75) is 44.0 Å². The molecule has 1 aliphatic heterocycles. The third kappa shape index (κ3) is 5.94. The molecular weight excluding hydrogens is 452 g/mol. The molecule has 3 rings (SSSR count). The average molecular weight is 481 g/mol. The number of carbonyl (C=O) groups is 1. The zero-order chi connectivity index (χ0) is 23.1. The number of ether oxygens (including phenoxy) is 2. The summed E-state index contributed by atoms with van der Waals surface area (Å²) in [4.78, 5) is 12.6. The molecule has 1 heterocycles. The Balaban J connectivity index is 1.52. The number of rotatable bonds is 10. The second-order valence-corrected chi connectivity index (χ2v) is 9.92. The summed E-state index contributed by atoms with van der Waals surface area (Å²) in [6.45, 7) is 3.81. The van der Waals surface area contributed by atoms with Crippen molar-refractivity contribution >= 4 is 27.5 Å². The highest BCUT2D eigenvalue weighted by molar-refractivity contribution is 7.89. The molecule has 0 saturated carbocycles. The van der Waals surface area contributed by atoms with Crippen molar-refractivity contribution in [3.63, 3.8) is 0 Å². The molecule has 0 bridgehead atoms. The molecule has 0 radical (unpaired) electrons. The van der Waals surface area contributed by atoms with Gasteiger partial charge in [0.2, 0.25) is 15.9 Å². The van der Waals surface area contributed by atoms with E-state index in [2.05, 4.69) is 5.32 Å². The maximum atomic E-state index is 12.6. The van der Waals surface area contributed by atoms with Crippen LogP contribution in [0.25, 0.3) is 0 Å². The lowest BCUT2D eigenvalue weighted by Crippen LogP contribution is -2.27. The lowest BCUT2D eigenvalue weighted by molar-refractivity contribution is -0.121. The zero-order valence-electron chi connectivity index (χ0n) is 18.4. The van der Waals surface area contributed by atoms with Gasteiger partial charge in [-0.25, -0.2) is 8.42 Å². The molecule has 0 aromatic heterocycles. The van der Waals surface area contributed by atoms with Gasteiger partial charge >= 0.3 is 0 Å². The van der Waals surface area contributed by atoms with E-state index in [1.165, 1.54) is 11.4 Å². The van der Waals surface area contributed by atoms with Crippen molar-refractivity contribution < 1.29 is 22.7 Å². The number of methoxy groups -OCH3 is 1. The SMILES string of the molecule is CCOc1c(Cl)cc(CNC(=O)CCc2ccc(S(=O)(=O)N3CCCC3)cc2)cc1OC. The minimum Gasteiger partial charge on any atom is -0.493 e. The largest absolute Gasteiger partial charge is 0.493 e. The normalized spacial score (nSPS) is 14.3. The molecule has 1 saturated heterocycles. The van der Waals surface area contributed by atoms with Crippen LogP contribution in [0, 0.1) is 0 Å². The molecule has 0 unspecified atom stereocenters. The van der Waals surface area contributed by atoms with Crippen LogP contribution in [0.5, 0.6) is 11.5 Å². The molecule has 9 heteroatoms. The van der Waals surface area contributed by atoms with E-state index in [4.69, 9.17) is 21.1 Å². The van der Waals surface area contributed by atoms with Crippen molar-refractivity contribution in [3.8, 4) is 11.5 Å². The van der Waals surface area contributed by atoms with Crippen LogP contribution >= 0.6 is 11.6 Å². The van der Waals surface area contributed by atoms with Gasteiger partial charge in [0.25, 0.3) is 0 Å². The fourth-order valence-electron chi connectivity index (χ4n) is 3.61. The van der Waals surface area contributed by atoms with E-state index >= 15 is 0 Å². The number of carbonyl (C=O) groups excluding carboxylic acids is 1. The van der Waals surface area contributed by atoms with Crippen molar-refractivity contribution in [3.05, 3.63) is 52.5 Å². The molecule has 7 nitrogen and oxygen atoms in total. The number of aryl methyl sites for hydroxylation is 1. The van der Waals surface area contributed by atoms with Gasteiger partial charge in [0, 0.05) is 26.1 Å². The summed E-state index contributed by atoms with van der Waals surface area (Å²) < 4.78 is 37.5. The predicted octanol–water partition coefficient (Wildman–Crippen LogP) is 3.78. The third-order valence-corrected chi connectivity index (χ3v) is 7.53. The van der Waals surface area contributed by atoms with E-state index in [0.717, 1.165) is 24.0 Å². The van der Waals surface area contributed by atoms with E-state index in [-0.39, 0.29) is 5.91 Å². The minimum absolute atomic E-state index is 0.109. The minimum atomic E-state index is -3.42. The molecule has 1 aliphatic rings. The van der Waals surface area contributed by atoms with E-state index in [1.54, 1.807) is 36.4 Å². The molecule has 0 atom stereocenters. The van der Waals surface area contributed by atoms with Gasteiger partial charge in [0.1, 0.15) is 0 Å². The molecule has 1 N–H and O–H groups in total. The monoisotopic (exact) mass is 480 g/mol. The second-order valence-electron chi connectivity index (χ2n) is 7.57. The highest BCUT2D eigenvalue weighted by Crippen LogP contribution is 2.36. The van der Waals surface area contributed by atoms with Crippen LogP contribution in [0.15, 0.2) is 41.3 Å². The standard InChI is InChI=1S/C23H29ClN2O5S/c1-3-31-23-20(24)14-18(15-21(23)30-2)16-25-22(27)11-8-17-6-9-19(10-7-17)32(28,29)26-12-4-5-13-26/h6-7,9-10,14-15H,3-5,8,11-13,16H2,1-2H3,(H,25,27). The predicted molar refractivity (Wildman–Crippen MR) is 124 cm³/mol. The van der Waals surface area contributed by atoms with Crippen molar-refractivity contribution in [1.29, 1.82) is 0 Å². The van der Waals surface area contributed by atoms with E-state index in [0.29, 0.717) is 60.5 Å². The van der Waals surface area contributed by atoms with Gasteiger partial charge in [-0.05, 0) is 61.6 Å². The number of halogens is 1. The van der Waals surface area contributed by atoms with E-state index in [1.807, 2.05) is 6.92 Å². The Bertz CT molecular complexity index is 1040. The van der Waals surface area contributed by atoms with Crippen molar-refractivity contribution in [1.82, 2.24) is 9.62 Å². The second kappa shape index (κ2) is 11.0. The summed E-state index contributed by atoms with van der Waals surface area (Å²) in [7, 11) is -1.88. The maximum absolute atomic E-state index is 12.6. The number of sulfonamides is 1. The first-order chi connectivity index (χ1) is 15.3. The highest BCUT2D eigenvalue weighted by Gasteiger charge is 2.26. The van der Waals surface area contributed by atoms with Crippen LogP contribution in [0.2, 0.25) is 5.02 Å². The van der Waals surface area contributed by atoms with Gasteiger partial charge in [-0.2, -0.15) is 4.31 Å². The van der Waals surface area contributed by atoms with Crippen molar-refractivity contribution in [2.75, 3.05) is 26.8 Å². The van der Waals surface area contributed by atoms with E-state index < -0.39 is 10.0 Å². The smallest absolute Gasteiger partial charge is 0.243 e. The third-order valence-electron chi connectivity index (χ3n) is 5.33. The quantitative estimate of drug-likeness (QED) is 0.559. The number of amides is 1. The first-order valence-electron chi connectivity index (χ1n) is 10.7. The number of hydrogen-bond donors (Lipinski definition) is 1. The fourth-order valence-corrected chi connectivity index (χ4v) is 5.42. The Kier molecular flexibility index (Phi) is 8.39. The molecule has 174 valence electrons. The first kappa shape index (κ1) is 24.4. The van der Waals surface area contributed by atoms with Crippen LogP contribution in [-0.4, -0.2) is 45.4 Å². The van der Waals surface area contributed by atoms with Crippen LogP contribution in [0.4, 0.5) is 0 Å². The molecular formula is C23H29ClN2O5S. The van der Waals surface area contributed by atoms with Crippen LogP contribution in [0.3, 0.4) is 0 Å². The summed E-state index contributed by atoms with van der Waals surface area (Å²) in [6, 6.07) is 10.3. The summed E-state index contributed by atoms with van der Waals surface area (Å²) >= 11 is 6.27. The molecule has 2 aromatic carbocycles. The van der Waals surface area contributed by atoms with Gasteiger partial charge in [-0.3, -0.25) is 4.79 Å². The van der Waals surface area contributed by atoms with Gasteiger partial charge < -0.3 is 14.8 Å². The number of hydrogen-bond acceptors (Lipinski definition) is 5. The molecule has 0 spiro atoms. The van der Waals surface area contributed by atoms with Crippen LogP contribution in [0.1, 0.15) is 37.3 Å². The first-order valence-corrected chi connectivity index (χ1v) is 12.5. The van der Waals surface area contributed by atoms with Gasteiger partial charge in [-0.15, -0.1) is 0 Å².